The molecule has 1 aromatic carbocycles. The Morgan fingerprint density at radius 2 is 1.94 bits per heavy atom. The summed E-state index contributed by atoms with van der Waals surface area (Å²) in [5, 5.41) is 38.0. The molecule has 0 unspecified atom stereocenters. The lowest BCUT2D eigenvalue weighted by Crippen LogP contribution is -2.44. The second-order valence-corrected chi connectivity index (χ2v) is 10.0. The summed E-state index contributed by atoms with van der Waals surface area (Å²) in [7, 11) is 0. The predicted octanol–water partition coefficient (Wildman–Crippen LogP) is 0.976. The average Bonchev–Trinajstić information content (AvgIpc) is 3.40. The number of carbonyl (C=O) groups excluding carboxylic acids is 1. The van der Waals surface area contributed by atoms with Crippen molar-refractivity contribution in [1.29, 1.82) is 0 Å². The number of rotatable bonds is 9. The van der Waals surface area contributed by atoms with Crippen molar-refractivity contribution >= 4 is 35.3 Å². The Balaban J connectivity index is 1.40. The summed E-state index contributed by atoms with van der Waals surface area (Å²) in [6, 6.07) is 5.13. The largest absolute Gasteiger partial charge is 0.478 e. The van der Waals surface area contributed by atoms with Gasteiger partial charge in [-0.15, -0.1) is 11.8 Å². The summed E-state index contributed by atoms with van der Waals surface area (Å²) >= 11 is 1.41. The molecule has 2 saturated heterocycles. The van der Waals surface area contributed by atoms with Crippen LogP contribution in [0.4, 0.5) is 5.69 Å². The molecule has 2 fully saturated rings. The van der Waals surface area contributed by atoms with Crippen molar-refractivity contribution in [3.63, 3.8) is 0 Å². The Morgan fingerprint density at radius 3 is 2.56 bits per heavy atom. The van der Waals surface area contributed by atoms with Crippen LogP contribution in [-0.2, 0) is 19.4 Å². The summed E-state index contributed by atoms with van der Waals surface area (Å²) in [6.07, 6.45) is -0.884. The number of hydrogen-bond acceptors (Lipinski definition) is 9. The number of hydrogen-bond donors (Lipinski definition) is 6. The van der Waals surface area contributed by atoms with Crippen LogP contribution >= 0.6 is 11.8 Å². The zero-order valence-corrected chi connectivity index (χ0v) is 19.4. The van der Waals surface area contributed by atoms with Crippen LogP contribution in [0.3, 0.4) is 0 Å². The highest BCUT2D eigenvalue weighted by molar-refractivity contribution is 8.03. The molecule has 12 heteroatoms. The summed E-state index contributed by atoms with van der Waals surface area (Å²) in [5.74, 6) is -3.10. The highest BCUT2D eigenvalue weighted by atomic mass is 32.2. The number of carboxylic acid groups (broad SMARTS) is 2. The van der Waals surface area contributed by atoms with Crippen LogP contribution in [0.25, 0.3) is 0 Å². The zero-order valence-electron chi connectivity index (χ0n) is 18.6. The molecule has 3 aliphatic rings. The lowest BCUT2D eigenvalue weighted by molar-refractivity contribution is -0.133. The van der Waals surface area contributed by atoms with E-state index in [0.29, 0.717) is 23.6 Å². The van der Waals surface area contributed by atoms with Gasteiger partial charge >= 0.3 is 11.9 Å². The van der Waals surface area contributed by atoms with E-state index in [-0.39, 0.29) is 34.4 Å². The van der Waals surface area contributed by atoms with Crippen molar-refractivity contribution in [3.05, 3.63) is 40.4 Å². The van der Waals surface area contributed by atoms with Crippen molar-refractivity contribution in [1.82, 2.24) is 10.6 Å². The van der Waals surface area contributed by atoms with E-state index in [1.807, 2.05) is 6.92 Å². The molecular weight excluding hydrogens is 466 g/mol. The fourth-order valence-corrected chi connectivity index (χ4v) is 5.96. The standard InChI is InChI=1S/C22H27N3O8S/c1-9-16(15(10(2)26)22-32-33-22)25-17(21(30)31)18(9)34-13-7-14(23-8-13)19(27)24-12-5-3-4-11(6-12)20(28)29/h3-6,9-10,13-16,22-23,25-26H,7-8H2,1-2H3,(H,24,27)(H,28,29)(H,30,31)/t9-,10-,13+,14+,15-,16-/m1/s1. The minimum atomic E-state index is -1.09. The molecule has 0 spiro atoms. The van der Waals surface area contributed by atoms with Crippen LogP contribution in [-0.4, -0.2) is 69.4 Å². The van der Waals surface area contributed by atoms with Gasteiger partial charge in [0.15, 0.2) is 0 Å². The van der Waals surface area contributed by atoms with E-state index in [4.69, 9.17) is 14.9 Å². The number of carboxylic acids is 2. The molecule has 0 saturated carbocycles. The number of thioether (sulfide) groups is 1. The predicted molar refractivity (Wildman–Crippen MR) is 122 cm³/mol. The molecule has 1 aromatic rings. The van der Waals surface area contributed by atoms with E-state index in [9.17, 15) is 24.6 Å². The fourth-order valence-electron chi connectivity index (χ4n) is 4.51. The molecule has 0 bridgehead atoms. The van der Waals surface area contributed by atoms with E-state index < -0.39 is 36.3 Å². The molecule has 3 heterocycles. The van der Waals surface area contributed by atoms with Crippen molar-refractivity contribution in [2.45, 2.75) is 50.0 Å². The SMILES string of the molecule is C[C@@H](O)[C@@H](C1OO1)[C@@H]1NC(C(=O)O)=C(S[C@@H]2CN[C@H](C(=O)Nc3cccc(C(=O)O)c3)C2)[C@@H]1C. The Kier molecular flexibility index (Phi) is 7.14. The van der Waals surface area contributed by atoms with Gasteiger partial charge in [0.05, 0.1) is 23.6 Å². The van der Waals surface area contributed by atoms with Gasteiger partial charge in [0.25, 0.3) is 0 Å². The fraction of sp³-hybridized carbons (Fsp3) is 0.500. The molecule has 6 N–H and O–H groups in total. The molecule has 0 aromatic heterocycles. The normalized spacial score (nSPS) is 28.3. The second kappa shape index (κ2) is 9.92. The van der Waals surface area contributed by atoms with Crippen molar-refractivity contribution in [3.8, 4) is 0 Å². The molecule has 6 atom stereocenters. The maximum Gasteiger partial charge on any atom is 0.352 e. The monoisotopic (exact) mass is 493 g/mol. The average molecular weight is 494 g/mol. The summed E-state index contributed by atoms with van der Waals surface area (Å²) < 4.78 is 0. The number of aliphatic hydroxyl groups is 1. The number of nitrogens with one attached hydrogen (secondary N) is 3. The maximum absolute atomic E-state index is 12.7. The van der Waals surface area contributed by atoms with Crippen LogP contribution in [0.1, 0.15) is 30.6 Å². The first-order valence-corrected chi connectivity index (χ1v) is 11.8. The van der Waals surface area contributed by atoms with E-state index in [1.54, 1.807) is 19.1 Å². The van der Waals surface area contributed by atoms with Crippen LogP contribution in [0.15, 0.2) is 34.9 Å². The molecule has 1 amide bonds. The maximum atomic E-state index is 12.7. The van der Waals surface area contributed by atoms with Gasteiger partial charge in [-0.3, -0.25) is 4.79 Å². The van der Waals surface area contributed by atoms with Gasteiger partial charge in [-0.25, -0.2) is 9.59 Å². The van der Waals surface area contributed by atoms with Gasteiger partial charge in [0, 0.05) is 34.3 Å². The molecule has 0 radical (unpaired) electrons. The minimum absolute atomic E-state index is 0.0492. The molecule has 184 valence electrons. The molecule has 11 nitrogen and oxygen atoms in total. The lowest BCUT2D eigenvalue weighted by atomic mass is 9.87. The molecule has 34 heavy (non-hydrogen) atoms. The van der Waals surface area contributed by atoms with Gasteiger partial charge in [-0.1, -0.05) is 13.0 Å². The number of benzene rings is 1. The van der Waals surface area contributed by atoms with Crippen LogP contribution < -0.4 is 16.0 Å². The summed E-state index contributed by atoms with van der Waals surface area (Å²) in [4.78, 5) is 46.2. The minimum Gasteiger partial charge on any atom is -0.478 e. The number of amides is 1. The highest BCUT2D eigenvalue weighted by Gasteiger charge is 2.50. The summed E-state index contributed by atoms with van der Waals surface area (Å²) in [6.45, 7) is 4.02. The van der Waals surface area contributed by atoms with E-state index in [0.717, 1.165) is 0 Å². The first-order chi connectivity index (χ1) is 16.2. The smallest absolute Gasteiger partial charge is 0.352 e. The second-order valence-electron chi connectivity index (χ2n) is 8.69. The molecule has 0 aliphatic carbocycles. The number of anilines is 1. The Bertz CT molecular complexity index is 1010. The van der Waals surface area contributed by atoms with Gasteiger partial charge in [-0.05, 0) is 31.5 Å². The van der Waals surface area contributed by atoms with Crippen LogP contribution in [0.5, 0.6) is 0 Å². The van der Waals surface area contributed by atoms with Crippen LogP contribution in [0, 0.1) is 11.8 Å². The van der Waals surface area contributed by atoms with Gasteiger partial charge in [-0.2, -0.15) is 9.78 Å². The topological polar surface area (TPSA) is 173 Å². The van der Waals surface area contributed by atoms with Crippen molar-refractivity contribution in [2.75, 3.05) is 11.9 Å². The quantitative estimate of drug-likeness (QED) is 0.214. The van der Waals surface area contributed by atoms with E-state index >= 15 is 0 Å². The number of aromatic carboxylic acids is 1. The van der Waals surface area contributed by atoms with Gasteiger partial charge in [0.1, 0.15) is 5.70 Å². The Morgan fingerprint density at radius 1 is 1.21 bits per heavy atom. The number of aliphatic hydroxyl groups excluding tert-OH is 1. The van der Waals surface area contributed by atoms with Gasteiger partial charge in [0.2, 0.25) is 12.2 Å². The Hall–Kier alpha value is -2.64. The first-order valence-electron chi connectivity index (χ1n) is 10.9. The van der Waals surface area contributed by atoms with Crippen molar-refractivity contribution in [2.24, 2.45) is 11.8 Å². The molecule has 4 rings (SSSR count). The third kappa shape index (κ3) is 5.20. The van der Waals surface area contributed by atoms with Crippen LogP contribution in [0.2, 0.25) is 0 Å². The molecule has 3 aliphatic heterocycles. The Labute approximate surface area is 199 Å². The third-order valence-electron chi connectivity index (χ3n) is 6.29. The third-order valence-corrected chi connectivity index (χ3v) is 7.82. The van der Waals surface area contributed by atoms with Gasteiger partial charge < -0.3 is 31.3 Å². The number of carbonyl (C=O) groups is 3. The van der Waals surface area contributed by atoms with E-state index in [2.05, 4.69) is 16.0 Å². The van der Waals surface area contributed by atoms with Crippen molar-refractivity contribution < 1.29 is 39.5 Å². The van der Waals surface area contributed by atoms with E-state index in [1.165, 1.54) is 23.9 Å². The number of aliphatic carboxylic acids is 1. The lowest BCUT2D eigenvalue weighted by Gasteiger charge is -2.28. The first kappa shape index (κ1) is 24.5. The molecular formula is C22H27N3O8S. The highest BCUT2D eigenvalue weighted by Crippen LogP contribution is 2.44. The summed E-state index contributed by atoms with van der Waals surface area (Å²) in [5.41, 5.74) is 0.560. The zero-order chi connectivity index (χ0) is 24.6.